The number of hydrogen-bond acceptors (Lipinski definition) is 3. The second kappa shape index (κ2) is 4.93. The largest absolute Gasteiger partial charge is 0.299 e. The standard InChI is InChI=1S/C14H16ClNO2S/c15-12-4-5-14-13(8-12)11(10-19(14,17)18)9-16-6-2-1-3-7-16/h4-5,8,10H,1-3,6-7,9H2. The highest BCUT2D eigenvalue weighted by Gasteiger charge is 2.28. The maximum atomic E-state index is 12.1. The van der Waals surface area contributed by atoms with E-state index in [1.54, 1.807) is 18.2 Å². The molecular weight excluding hydrogens is 282 g/mol. The minimum atomic E-state index is -3.27. The molecule has 0 bridgehead atoms. The lowest BCUT2D eigenvalue weighted by Gasteiger charge is -2.26. The number of likely N-dealkylation sites (tertiary alicyclic amines) is 1. The molecule has 3 rings (SSSR count). The lowest BCUT2D eigenvalue weighted by Crippen LogP contribution is -2.30. The van der Waals surface area contributed by atoms with Crippen molar-refractivity contribution >= 4 is 27.0 Å². The van der Waals surface area contributed by atoms with Crippen molar-refractivity contribution < 1.29 is 8.42 Å². The van der Waals surface area contributed by atoms with E-state index >= 15 is 0 Å². The Balaban J connectivity index is 1.93. The lowest BCUT2D eigenvalue weighted by molar-refractivity contribution is 0.255. The van der Waals surface area contributed by atoms with Crippen LogP contribution in [0.5, 0.6) is 0 Å². The van der Waals surface area contributed by atoms with Gasteiger partial charge in [-0.3, -0.25) is 4.90 Å². The van der Waals surface area contributed by atoms with Gasteiger partial charge in [-0.15, -0.1) is 0 Å². The number of piperidine rings is 1. The summed E-state index contributed by atoms with van der Waals surface area (Å²) in [4.78, 5) is 2.71. The number of fused-ring (bicyclic) bond motifs is 1. The zero-order valence-electron chi connectivity index (χ0n) is 10.6. The molecule has 0 spiro atoms. The Labute approximate surface area is 118 Å². The van der Waals surface area contributed by atoms with Crippen LogP contribution in [0.1, 0.15) is 24.8 Å². The van der Waals surface area contributed by atoms with Crippen LogP contribution in [-0.2, 0) is 9.84 Å². The van der Waals surface area contributed by atoms with Crippen LogP contribution < -0.4 is 0 Å². The van der Waals surface area contributed by atoms with Gasteiger partial charge in [-0.1, -0.05) is 18.0 Å². The first-order chi connectivity index (χ1) is 9.06. The molecule has 0 aliphatic carbocycles. The Morgan fingerprint density at radius 1 is 1.16 bits per heavy atom. The van der Waals surface area contributed by atoms with Crippen molar-refractivity contribution in [3.05, 3.63) is 34.2 Å². The average Bonchev–Trinajstić information content (AvgIpc) is 2.62. The van der Waals surface area contributed by atoms with Crippen LogP contribution in [0.25, 0.3) is 5.57 Å². The molecule has 2 aliphatic heterocycles. The molecule has 0 unspecified atom stereocenters. The van der Waals surface area contributed by atoms with Gasteiger partial charge in [0.05, 0.1) is 4.90 Å². The molecular formula is C14H16ClNO2S. The number of hydrogen-bond donors (Lipinski definition) is 0. The van der Waals surface area contributed by atoms with Crippen molar-refractivity contribution in [1.29, 1.82) is 0 Å². The Morgan fingerprint density at radius 3 is 2.63 bits per heavy atom. The van der Waals surface area contributed by atoms with Gasteiger partial charge in [-0.2, -0.15) is 0 Å². The van der Waals surface area contributed by atoms with Crippen LogP contribution in [0.2, 0.25) is 5.02 Å². The summed E-state index contributed by atoms with van der Waals surface area (Å²) in [7, 11) is -3.27. The fourth-order valence-corrected chi connectivity index (χ4v) is 4.43. The molecule has 5 heteroatoms. The monoisotopic (exact) mass is 297 g/mol. The second-order valence-electron chi connectivity index (χ2n) is 5.17. The molecule has 1 saturated heterocycles. The van der Waals surface area contributed by atoms with Gasteiger partial charge in [0.2, 0.25) is 9.84 Å². The summed E-state index contributed by atoms with van der Waals surface area (Å²) in [5.41, 5.74) is 1.65. The van der Waals surface area contributed by atoms with Crippen LogP contribution in [-0.4, -0.2) is 33.0 Å². The molecule has 0 aromatic heterocycles. The molecule has 19 heavy (non-hydrogen) atoms. The summed E-state index contributed by atoms with van der Waals surface area (Å²) in [6.45, 7) is 2.80. The van der Waals surface area contributed by atoms with Crippen LogP contribution in [0, 0.1) is 0 Å². The fraction of sp³-hybridized carbons (Fsp3) is 0.429. The van der Waals surface area contributed by atoms with E-state index < -0.39 is 9.84 Å². The van der Waals surface area contributed by atoms with Crippen LogP contribution in [0.4, 0.5) is 0 Å². The lowest BCUT2D eigenvalue weighted by atomic mass is 10.1. The van der Waals surface area contributed by atoms with Crippen molar-refractivity contribution in [2.24, 2.45) is 0 Å². The third kappa shape index (κ3) is 2.57. The highest BCUT2D eigenvalue weighted by atomic mass is 35.5. The van der Waals surface area contributed by atoms with Gasteiger partial charge < -0.3 is 0 Å². The van der Waals surface area contributed by atoms with Crippen molar-refractivity contribution in [3.8, 4) is 0 Å². The SMILES string of the molecule is O=S1(=O)C=C(CN2CCCCC2)c2cc(Cl)ccc21. The first-order valence-electron chi connectivity index (χ1n) is 6.54. The topological polar surface area (TPSA) is 37.4 Å². The minimum Gasteiger partial charge on any atom is -0.299 e. The zero-order chi connectivity index (χ0) is 13.5. The molecule has 0 N–H and O–H groups in total. The van der Waals surface area contributed by atoms with Crippen molar-refractivity contribution in [3.63, 3.8) is 0 Å². The van der Waals surface area contributed by atoms with Gasteiger partial charge >= 0.3 is 0 Å². The highest BCUT2D eigenvalue weighted by molar-refractivity contribution is 7.95. The molecule has 1 aromatic carbocycles. The Morgan fingerprint density at radius 2 is 1.89 bits per heavy atom. The van der Waals surface area contributed by atoms with E-state index in [2.05, 4.69) is 4.90 Å². The predicted octanol–water partition coefficient (Wildman–Crippen LogP) is 2.95. The molecule has 102 valence electrons. The molecule has 3 nitrogen and oxygen atoms in total. The van der Waals surface area contributed by atoms with Crippen LogP contribution in [0.3, 0.4) is 0 Å². The van der Waals surface area contributed by atoms with E-state index in [1.807, 2.05) is 0 Å². The Hall–Kier alpha value is -0.840. The first kappa shape index (κ1) is 13.2. The van der Waals surface area contributed by atoms with Gasteiger partial charge in [-0.25, -0.2) is 8.42 Å². The molecule has 0 radical (unpaired) electrons. The molecule has 0 atom stereocenters. The van der Waals surface area contributed by atoms with E-state index in [0.29, 0.717) is 16.5 Å². The maximum absolute atomic E-state index is 12.1. The molecule has 2 aliphatic rings. The summed E-state index contributed by atoms with van der Waals surface area (Å²) in [6, 6.07) is 5.00. The highest BCUT2D eigenvalue weighted by Crippen LogP contribution is 2.35. The number of sulfone groups is 1. The van der Waals surface area contributed by atoms with E-state index in [-0.39, 0.29) is 0 Å². The van der Waals surface area contributed by atoms with Gasteiger partial charge in [0.25, 0.3) is 0 Å². The first-order valence-corrected chi connectivity index (χ1v) is 8.47. The minimum absolute atomic E-state index is 0.393. The Kier molecular flexibility index (Phi) is 3.41. The van der Waals surface area contributed by atoms with E-state index in [4.69, 9.17) is 11.6 Å². The van der Waals surface area contributed by atoms with Gasteiger partial charge in [0.15, 0.2) is 0 Å². The van der Waals surface area contributed by atoms with E-state index in [0.717, 1.165) is 24.2 Å². The van der Waals surface area contributed by atoms with Gasteiger partial charge in [0, 0.05) is 22.5 Å². The quantitative estimate of drug-likeness (QED) is 0.842. The number of benzene rings is 1. The van der Waals surface area contributed by atoms with E-state index in [1.165, 1.54) is 24.7 Å². The van der Waals surface area contributed by atoms with E-state index in [9.17, 15) is 8.42 Å². The molecule has 0 amide bonds. The normalized spacial score (nSPS) is 22.1. The number of nitrogens with zero attached hydrogens (tertiary/aromatic N) is 1. The van der Waals surface area contributed by atoms with Crippen LogP contribution in [0.15, 0.2) is 28.5 Å². The van der Waals surface area contributed by atoms with Crippen LogP contribution >= 0.6 is 11.6 Å². The van der Waals surface area contributed by atoms with Gasteiger partial charge in [0.1, 0.15) is 0 Å². The number of rotatable bonds is 2. The maximum Gasteiger partial charge on any atom is 0.200 e. The second-order valence-corrected chi connectivity index (χ2v) is 7.37. The van der Waals surface area contributed by atoms with Crippen molar-refractivity contribution in [2.45, 2.75) is 24.2 Å². The van der Waals surface area contributed by atoms with Gasteiger partial charge in [-0.05, 0) is 49.7 Å². The van der Waals surface area contributed by atoms with Crippen molar-refractivity contribution in [1.82, 2.24) is 4.90 Å². The smallest absolute Gasteiger partial charge is 0.200 e. The average molecular weight is 298 g/mol. The number of halogens is 1. The molecule has 1 fully saturated rings. The third-order valence-corrected chi connectivity index (χ3v) is 5.53. The third-order valence-electron chi connectivity index (χ3n) is 3.73. The predicted molar refractivity (Wildman–Crippen MR) is 76.9 cm³/mol. The molecule has 2 heterocycles. The summed E-state index contributed by atoms with van der Waals surface area (Å²) >= 11 is 5.99. The fourth-order valence-electron chi connectivity index (χ4n) is 2.80. The molecule has 0 saturated carbocycles. The van der Waals surface area contributed by atoms with Crippen molar-refractivity contribution in [2.75, 3.05) is 19.6 Å². The molecule has 1 aromatic rings. The summed E-state index contributed by atoms with van der Waals surface area (Å²) in [5.74, 6) is 0. The summed E-state index contributed by atoms with van der Waals surface area (Å²) in [5, 5.41) is 1.99. The summed E-state index contributed by atoms with van der Waals surface area (Å²) < 4.78 is 24.2. The summed E-state index contributed by atoms with van der Waals surface area (Å²) in [6.07, 6.45) is 3.67. The zero-order valence-corrected chi connectivity index (χ0v) is 12.2. The Bertz CT molecular complexity index is 631.